The van der Waals surface area contributed by atoms with Crippen molar-refractivity contribution >= 4 is 16.5 Å². The first-order valence-electron chi connectivity index (χ1n) is 7.04. The topological polar surface area (TPSA) is 41.8 Å². The summed E-state index contributed by atoms with van der Waals surface area (Å²) in [7, 11) is 0. The normalized spacial score (nSPS) is 13.4. The molecule has 0 amide bonds. The molecule has 0 fully saturated rings. The molecule has 0 bridgehead atoms. The highest BCUT2D eigenvalue weighted by Crippen LogP contribution is 2.31. The minimum Gasteiger partial charge on any atom is -0.489 e. The Labute approximate surface area is 119 Å². The molecule has 2 aromatic carbocycles. The number of fused-ring (bicyclic) bond motifs is 1. The summed E-state index contributed by atoms with van der Waals surface area (Å²) < 4.78 is 6.13. The predicted molar refractivity (Wildman–Crippen MR) is 82.9 cm³/mol. The minimum absolute atomic E-state index is 0.135. The lowest BCUT2D eigenvalue weighted by molar-refractivity contribution is 0.212. The third kappa shape index (κ3) is 2.93. The molecule has 0 aliphatic carbocycles. The first kappa shape index (κ1) is 14.4. The molecule has 0 aliphatic heterocycles. The SMILES string of the molecule is CCCC(C)Oc1c(/C(C)=N/O)ccc2ccccc12. The number of hydrogen-bond acceptors (Lipinski definition) is 3. The summed E-state index contributed by atoms with van der Waals surface area (Å²) in [5, 5.41) is 14.5. The monoisotopic (exact) mass is 271 g/mol. The fourth-order valence-corrected chi connectivity index (χ4v) is 2.38. The van der Waals surface area contributed by atoms with E-state index < -0.39 is 0 Å². The molecule has 1 N–H and O–H groups in total. The van der Waals surface area contributed by atoms with Crippen LogP contribution in [0.25, 0.3) is 10.8 Å². The van der Waals surface area contributed by atoms with Crippen molar-refractivity contribution in [1.29, 1.82) is 0 Å². The Morgan fingerprint density at radius 2 is 2.00 bits per heavy atom. The van der Waals surface area contributed by atoms with Crippen LogP contribution in [0, 0.1) is 0 Å². The molecule has 2 rings (SSSR count). The molecule has 3 nitrogen and oxygen atoms in total. The second-order valence-corrected chi connectivity index (χ2v) is 5.07. The minimum atomic E-state index is 0.135. The van der Waals surface area contributed by atoms with Crippen molar-refractivity contribution < 1.29 is 9.94 Å². The molecule has 1 unspecified atom stereocenters. The number of hydrogen-bond donors (Lipinski definition) is 1. The van der Waals surface area contributed by atoms with Crippen LogP contribution in [0.4, 0.5) is 0 Å². The van der Waals surface area contributed by atoms with Crippen molar-refractivity contribution in [3.8, 4) is 5.75 Å². The van der Waals surface area contributed by atoms with Crippen molar-refractivity contribution in [2.75, 3.05) is 0 Å². The lowest BCUT2D eigenvalue weighted by atomic mass is 10.0. The van der Waals surface area contributed by atoms with Crippen LogP contribution < -0.4 is 4.74 Å². The van der Waals surface area contributed by atoms with Gasteiger partial charge in [-0.05, 0) is 31.7 Å². The summed E-state index contributed by atoms with van der Waals surface area (Å²) in [6.45, 7) is 5.99. The average molecular weight is 271 g/mol. The molecule has 0 saturated carbocycles. The molecule has 2 aromatic rings. The Morgan fingerprint density at radius 3 is 2.70 bits per heavy atom. The van der Waals surface area contributed by atoms with Crippen molar-refractivity contribution in [2.45, 2.75) is 39.7 Å². The van der Waals surface area contributed by atoms with E-state index in [9.17, 15) is 0 Å². The highest BCUT2D eigenvalue weighted by atomic mass is 16.5. The van der Waals surface area contributed by atoms with Gasteiger partial charge in [0.1, 0.15) is 5.75 Å². The maximum atomic E-state index is 9.05. The number of rotatable bonds is 5. The quantitative estimate of drug-likeness (QED) is 0.490. The average Bonchev–Trinajstić information content (AvgIpc) is 2.47. The Bertz CT molecular complexity index is 619. The zero-order valence-electron chi connectivity index (χ0n) is 12.3. The van der Waals surface area contributed by atoms with Crippen LogP contribution in [-0.4, -0.2) is 17.0 Å². The van der Waals surface area contributed by atoms with Crippen molar-refractivity contribution in [3.63, 3.8) is 0 Å². The van der Waals surface area contributed by atoms with E-state index in [-0.39, 0.29) is 6.10 Å². The number of ether oxygens (including phenoxy) is 1. The van der Waals surface area contributed by atoms with Crippen LogP contribution in [0.1, 0.15) is 39.2 Å². The molecule has 1 atom stereocenters. The number of benzene rings is 2. The molecule has 0 aliphatic rings. The van der Waals surface area contributed by atoms with Gasteiger partial charge in [0.2, 0.25) is 0 Å². The van der Waals surface area contributed by atoms with E-state index in [0.717, 1.165) is 34.9 Å². The van der Waals surface area contributed by atoms with Gasteiger partial charge >= 0.3 is 0 Å². The lowest BCUT2D eigenvalue weighted by Gasteiger charge is -2.18. The molecule has 0 saturated heterocycles. The first-order valence-corrected chi connectivity index (χ1v) is 7.04. The fraction of sp³-hybridized carbons (Fsp3) is 0.353. The Kier molecular flexibility index (Phi) is 4.61. The van der Waals surface area contributed by atoms with Gasteiger partial charge in [-0.2, -0.15) is 0 Å². The Hall–Kier alpha value is -2.03. The van der Waals surface area contributed by atoms with E-state index in [1.165, 1.54) is 0 Å². The summed E-state index contributed by atoms with van der Waals surface area (Å²) in [5.41, 5.74) is 1.41. The van der Waals surface area contributed by atoms with Gasteiger partial charge in [-0.1, -0.05) is 48.8 Å². The van der Waals surface area contributed by atoms with Gasteiger partial charge in [-0.25, -0.2) is 0 Å². The van der Waals surface area contributed by atoms with E-state index in [4.69, 9.17) is 9.94 Å². The largest absolute Gasteiger partial charge is 0.489 e. The molecule has 3 heteroatoms. The summed E-state index contributed by atoms with van der Waals surface area (Å²) in [5.74, 6) is 0.805. The maximum Gasteiger partial charge on any atom is 0.136 e. The second kappa shape index (κ2) is 6.42. The van der Waals surface area contributed by atoms with Gasteiger partial charge in [-0.15, -0.1) is 0 Å². The predicted octanol–water partition coefficient (Wildman–Crippen LogP) is 4.61. The van der Waals surface area contributed by atoms with Crippen LogP contribution >= 0.6 is 0 Å². The standard InChI is InChI=1S/C17H21NO2/c1-4-7-12(2)20-17-15(13(3)18-19)11-10-14-8-5-6-9-16(14)17/h5-6,8-12,19H,4,7H2,1-3H3/b18-13+. The van der Waals surface area contributed by atoms with Crippen LogP contribution in [0.5, 0.6) is 5.75 Å². The van der Waals surface area contributed by atoms with Gasteiger partial charge < -0.3 is 9.94 Å². The lowest BCUT2D eigenvalue weighted by Crippen LogP contribution is -2.13. The summed E-state index contributed by atoms with van der Waals surface area (Å²) in [4.78, 5) is 0. The first-order chi connectivity index (χ1) is 9.67. The smallest absolute Gasteiger partial charge is 0.136 e. The van der Waals surface area contributed by atoms with Gasteiger partial charge in [0, 0.05) is 10.9 Å². The molecule has 106 valence electrons. The van der Waals surface area contributed by atoms with Gasteiger partial charge in [0.05, 0.1) is 11.8 Å². The molecule has 0 spiro atoms. The summed E-state index contributed by atoms with van der Waals surface area (Å²) in [6, 6.07) is 12.1. The molecule has 0 aromatic heterocycles. The molecule has 0 heterocycles. The van der Waals surface area contributed by atoms with Crippen molar-refractivity contribution in [1.82, 2.24) is 0 Å². The fourth-order valence-electron chi connectivity index (χ4n) is 2.38. The van der Waals surface area contributed by atoms with Gasteiger partial charge in [-0.3, -0.25) is 0 Å². The van der Waals surface area contributed by atoms with Gasteiger partial charge in [0.15, 0.2) is 0 Å². The molecule has 0 radical (unpaired) electrons. The summed E-state index contributed by atoms with van der Waals surface area (Å²) >= 11 is 0. The van der Waals surface area contributed by atoms with E-state index in [1.54, 1.807) is 6.92 Å². The Balaban J connectivity index is 2.55. The molecular formula is C17H21NO2. The van der Waals surface area contributed by atoms with E-state index >= 15 is 0 Å². The summed E-state index contributed by atoms with van der Waals surface area (Å²) in [6.07, 6.45) is 2.21. The van der Waals surface area contributed by atoms with Crippen molar-refractivity contribution in [3.05, 3.63) is 42.0 Å². The number of oxime groups is 1. The van der Waals surface area contributed by atoms with Crippen LogP contribution in [-0.2, 0) is 0 Å². The highest BCUT2D eigenvalue weighted by Gasteiger charge is 2.14. The highest BCUT2D eigenvalue weighted by molar-refractivity contribution is 6.06. The molecular weight excluding hydrogens is 250 g/mol. The Morgan fingerprint density at radius 1 is 1.25 bits per heavy atom. The number of nitrogens with zero attached hydrogens (tertiary/aromatic N) is 1. The molecule has 20 heavy (non-hydrogen) atoms. The van der Waals surface area contributed by atoms with E-state index in [0.29, 0.717) is 5.71 Å². The van der Waals surface area contributed by atoms with Crippen LogP contribution in [0.2, 0.25) is 0 Å². The second-order valence-electron chi connectivity index (χ2n) is 5.07. The maximum absolute atomic E-state index is 9.05. The zero-order valence-corrected chi connectivity index (χ0v) is 12.3. The van der Waals surface area contributed by atoms with Crippen LogP contribution in [0.15, 0.2) is 41.6 Å². The third-order valence-corrected chi connectivity index (χ3v) is 3.43. The van der Waals surface area contributed by atoms with Gasteiger partial charge in [0.25, 0.3) is 0 Å². The van der Waals surface area contributed by atoms with Crippen molar-refractivity contribution in [2.24, 2.45) is 5.16 Å². The van der Waals surface area contributed by atoms with E-state index in [1.807, 2.05) is 30.3 Å². The third-order valence-electron chi connectivity index (χ3n) is 3.43. The zero-order chi connectivity index (χ0) is 14.5. The van der Waals surface area contributed by atoms with Crippen LogP contribution in [0.3, 0.4) is 0 Å². The van der Waals surface area contributed by atoms with E-state index in [2.05, 4.69) is 25.1 Å².